The molecule has 3 N–H and O–H groups in total. The molecule has 1 aromatic heterocycles. The van der Waals surface area contributed by atoms with Crippen molar-refractivity contribution in [2.24, 2.45) is 0 Å². The number of aromatic nitrogens is 2. The third-order valence-corrected chi connectivity index (χ3v) is 1.77. The molecule has 0 saturated heterocycles. The summed E-state index contributed by atoms with van der Waals surface area (Å²) in [4.78, 5) is 6.84. The lowest BCUT2D eigenvalue weighted by Crippen LogP contribution is -2.15. The summed E-state index contributed by atoms with van der Waals surface area (Å²) >= 11 is 0. The molecule has 0 radical (unpaired) electrons. The summed E-state index contributed by atoms with van der Waals surface area (Å²) in [5.74, 6) is -0.314. The smallest absolute Gasteiger partial charge is 0.149 e. The molecule has 0 aliphatic heterocycles. The Hall–Kier alpha value is -1.04. The number of H-pyrrole nitrogens is 1. The van der Waals surface area contributed by atoms with Gasteiger partial charge in [-0.2, -0.15) is 0 Å². The highest BCUT2D eigenvalue weighted by atomic mass is 35.5. The highest BCUT2D eigenvalue weighted by Gasteiger charge is 2.04. The fourth-order valence-electron chi connectivity index (χ4n) is 1.19. The van der Waals surface area contributed by atoms with Crippen LogP contribution in [0.3, 0.4) is 0 Å². The number of aromatic amines is 1. The molecule has 0 aliphatic carbocycles. The molecular weight excluding hydrogens is 242 g/mol. The van der Waals surface area contributed by atoms with E-state index in [9.17, 15) is 4.39 Å². The third-order valence-electron chi connectivity index (χ3n) is 1.77. The summed E-state index contributed by atoms with van der Waals surface area (Å²) in [6.45, 7) is 0. The van der Waals surface area contributed by atoms with Crippen LogP contribution in [0.4, 0.5) is 10.1 Å². The number of imidazole rings is 1. The van der Waals surface area contributed by atoms with E-state index in [-0.39, 0.29) is 30.6 Å². The monoisotopic (exact) mass is 252 g/mol. The van der Waals surface area contributed by atoms with E-state index < -0.39 is 0 Å². The molecule has 0 atom stereocenters. The predicted molar refractivity (Wildman–Crippen MR) is 63.2 cm³/mol. The minimum atomic E-state index is -0.314. The van der Waals surface area contributed by atoms with Gasteiger partial charge in [0, 0.05) is 13.1 Å². The van der Waals surface area contributed by atoms with Gasteiger partial charge in [0.2, 0.25) is 0 Å². The Labute approximate surface area is 98.4 Å². The molecule has 1 aromatic carbocycles. The van der Waals surface area contributed by atoms with Crippen molar-refractivity contribution in [1.29, 1.82) is 0 Å². The van der Waals surface area contributed by atoms with Crippen LogP contribution in [0, 0.1) is 5.82 Å². The van der Waals surface area contributed by atoms with E-state index in [0.29, 0.717) is 11.2 Å². The largest absolute Gasteiger partial charge is 0.345 e. The zero-order valence-electron chi connectivity index (χ0n) is 7.87. The zero-order valence-corrected chi connectivity index (χ0v) is 9.51. The quantitative estimate of drug-likeness (QED) is 0.718. The maximum Gasteiger partial charge on any atom is 0.149 e. The normalized spacial score (nSPS) is 9.20. The number of anilines is 1. The summed E-state index contributed by atoms with van der Waals surface area (Å²) in [5.41, 5.74) is 7.15. The summed E-state index contributed by atoms with van der Waals surface area (Å²) in [7, 11) is 1.67. The van der Waals surface area contributed by atoms with Gasteiger partial charge in [0.1, 0.15) is 5.82 Å². The number of hydrogen-bond donors (Lipinski definition) is 3. The van der Waals surface area contributed by atoms with E-state index in [1.807, 2.05) is 0 Å². The highest BCUT2D eigenvalue weighted by Crippen LogP contribution is 2.19. The van der Waals surface area contributed by atoms with E-state index in [4.69, 9.17) is 0 Å². The maximum atomic E-state index is 13.2. The Morgan fingerprint density at radius 1 is 1.33 bits per heavy atom. The standard InChI is InChI=1S/C8H9FN4.2ClH/c1-10-13-6-3-8-7(2-5(6)9)11-4-12-8;;/h2-4,10,13H,1H3,(H,11,12);2*1H. The molecule has 0 saturated carbocycles. The van der Waals surface area contributed by atoms with Gasteiger partial charge in [0.05, 0.1) is 23.0 Å². The van der Waals surface area contributed by atoms with Gasteiger partial charge in [0.25, 0.3) is 0 Å². The van der Waals surface area contributed by atoms with Crippen molar-refractivity contribution in [3.05, 3.63) is 24.3 Å². The van der Waals surface area contributed by atoms with Crippen LogP contribution in [0.1, 0.15) is 0 Å². The first-order valence-electron chi connectivity index (χ1n) is 3.86. The molecule has 1 heterocycles. The topological polar surface area (TPSA) is 52.7 Å². The Balaban J connectivity index is 0.000000980. The third kappa shape index (κ3) is 2.71. The molecule has 0 amide bonds. The van der Waals surface area contributed by atoms with E-state index in [2.05, 4.69) is 20.8 Å². The van der Waals surface area contributed by atoms with Crippen molar-refractivity contribution in [1.82, 2.24) is 15.4 Å². The minimum absolute atomic E-state index is 0. The second-order valence-corrected chi connectivity index (χ2v) is 2.63. The number of rotatable bonds is 2. The summed E-state index contributed by atoms with van der Waals surface area (Å²) in [6.07, 6.45) is 1.53. The number of hydrogen-bond acceptors (Lipinski definition) is 3. The van der Waals surface area contributed by atoms with Crippen molar-refractivity contribution in [3.63, 3.8) is 0 Å². The number of halogens is 3. The van der Waals surface area contributed by atoms with Gasteiger partial charge in [-0.3, -0.25) is 0 Å². The van der Waals surface area contributed by atoms with Crippen LogP contribution in [0.2, 0.25) is 0 Å². The average molecular weight is 253 g/mol. The summed E-state index contributed by atoms with van der Waals surface area (Å²) in [5, 5.41) is 0. The Morgan fingerprint density at radius 2 is 2.07 bits per heavy atom. The van der Waals surface area contributed by atoms with E-state index >= 15 is 0 Å². The second-order valence-electron chi connectivity index (χ2n) is 2.63. The fourth-order valence-corrected chi connectivity index (χ4v) is 1.19. The minimum Gasteiger partial charge on any atom is -0.345 e. The van der Waals surface area contributed by atoms with Crippen LogP contribution in [0.25, 0.3) is 11.0 Å². The number of benzene rings is 1. The van der Waals surface area contributed by atoms with Gasteiger partial charge < -0.3 is 10.4 Å². The van der Waals surface area contributed by atoms with Crippen LogP contribution in [0.15, 0.2) is 18.5 Å². The number of fused-ring (bicyclic) bond motifs is 1. The average Bonchev–Trinajstić information content (AvgIpc) is 2.52. The zero-order chi connectivity index (χ0) is 9.26. The molecule has 2 rings (SSSR count). The number of hydrazine groups is 1. The molecule has 7 heteroatoms. The van der Waals surface area contributed by atoms with Crippen molar-refractivity contribution in [2.45, 2.75) is 0 Å². The lowest BCUT2D eigenvalue weighted by atomic mass is 10.2. The van der Waals surface area contributed by atoms with Gasteiger partial charge in [-0.25, -0.2) is 14.8 Å². The number of nitrogens with one attached hydrogen (secondary N) is 3. The fraction of sp³-hybridized carbons (Fsp3) is 0.125. The molecular formula is C8H11Cl2FN4. The van der Waals surface area contributed by atoms with Crippen LogP contribution < -0.4 is 10.9 Å². The van der Waals surface area contributed by atoms with E-state index in [1.54, 1.807) is 13.1 Å². The van der Waals surface area contributed by atoms with E-state index in [0.717, 1.165) is 5.52 Å². The summed E-state index contributed by atoms with van der Waals surface area (Å²) < 4.78 is 13.2. The number of nitrogens with zero attached hydrogens (tertiary/aromatic N) is 1. The highest BCUT2D eigenvalue weighted by molar-refractivity contribution is 5.85. The second kappa shape index (κ2) is 5.75. The van der Waals surface area contributed by atoms with Gasteiger partial charge in [-0.15, -0.1) is 24.8 Å². The van der Waals surface area contributed by atoms with E-state index in [1.165, 1.54) is 12.4 Å². The first-order valence-corrected chi connectivity index (χ1v) is 3.86. The van der Waals surface area contributed by atoms with Crippen LogP contribution in [-0.2, 0) is 0 Å². The first-order chi connectivity index (χ1) is 6.31. The molecule has 0 fully saturated rings. The van der Waals surface area contributed by atoms with Crippen LogP contribution in [-0.4, -0.2) is 17.0 Å². The van der Waals surface area contributed by atoms with Gasteiger partial charge in [0.15, 0.2) is 0 Å². The predicted octanol–water partition coefficient (Wildman–Crippen LogP) is 2.09. The van der Waals surface area contributed by atoms with Gasteiger partial charge in [-0.05, 0) is 6.07 Å². The van der Waals surface area contributed by atoms with Crippen molar-refractivity contribution in [2.75, 3.05) is 12.5 Å². The Bertz CT molecular complexity index is 431. The molecule has 2 aromatic rings. The van der Waals surface area contributed by atoms with Crippen molar-refractivity contribution < 1.29 is 4.39 Å². The first kappa shape index (κ1) is 14.0. The van der Waals surface area contributed by atoms with Crippen molar-refractivity contribution >= 4 is 41.5 Å². The van der Waals surface area contributed by atoms with Crippen LogP contribution in [0.5, 0.6) is 0 Å². The SMILES string of the molecule is CNNc1cc2nc[nH]c2cc1F.Cl.Cl. The Morgan fingerprint density at radius 3 is 2.73 bits per heavy atom. The van der Waals surface area contributed by atoms with Gasteiger partial charge >= 0.3 is 0 Å². The summed E-state index contributed by atoms with van der Waals surface area (Å²) in [6, 6.07) is 3.04. The maximum absolute atomic E-state index is 13.2. The molecule has 4 nitrogen and oxygen atoms in total. The lowest BCUT2D eigenvalue weighted by Gasteiger charge is -2.04. The molecule has 0 aliphatic rings. The molecule has 0 bridgehead atoms. The van der Waals surface area contributed by atoms with Crippen molar-refractivity contribution in [3.8, 4) is 0 Å². The molecule has 84 valence electrons. The van der Waals surface area contributed by atoms with Crippen LogP contribution >= 0.6 is 24.8 Å². The lowest BCUT2D eigenvalue weighted by molar-refractivity contribution is 0.630. The molecule has 0 spiro atoms. The molecule has 0 unspecified atom stereocenters. The Kier molecular flexibility index (Phi) is 5.35. The molecule has 15 heavy (non-hydrogen) atoms. The van der Waals surface area contributed by atoms with Gasteiger partial charge in [-0.1, -0.05) is 0 Å².